The van der Waals surface area contributed by atoms with Gasteiger partial charge >= 0.3 is 5.97 Å². The number of nitrogens with zero attached hydrogens (tertiary/aromatic N) is 2. The molecule has 2 N–H and O–H groups in total. The number of aliphatic hydroxyl groups is 1. The van der Waals surface area contributed by atoms with E-state index in [1.54, 1.807) is 0 Å². The van der Waals surface area contributed by atoms with Crippen LogP contribution >= 0.6 is 11.3 Å². The van der Waals surface area contributed by atoms with E-state index in [0.717, 1.165) is 60.3 Å². The highest BCUT2D eigenvalue weighted by Gasteiger charge is 2.37. The van der Waals surface area contributed by atoms with Gasteiger partial charge in [0.05, 0.1) is 17.5 Å². The number of hydrogen-bond acceptors (Lipinski definition) is 6. The number of aliphatic hydroxyl groups excluding tert-OH is 1. The predicted molar refractivity (Wildman–Crippen MR) is 159 cm³/mol. The minimum Gasteiger partial charge on any atom is -0.477 e. The number of carbonyl (C=O) groups excluding carboxylic acids is 1. The van der Waals surface area contributed by atoms with Crippen LogP contribution in [0.2, 0.25) is 0 Å². The number of hydrogen-bond donors (Lipinski definition) is 2. The van der Waals surface area contributed by atoms with Gasteiger partial charge in [-0.05, 0) is 87.3 Å². The molecule has 3 aliphatic rings. The summed E-state index contributed by atoms with van der Waals surface area (Å²) in [5.74, 6) is -0.385. The largest absolute Gasteiger partial charge is 0.477 e. The second-order valence-electron chi connectivity index (χ2n) is 11.6. The first-order valence-electron chi connectivity index (χ1n) is 14.7. The van der Waals surface area contributed by atoms with E-state index in [-0.39, 0.29) is 28.8 Å². The Labute approximate surface area is 240 Å². The summed E-state index contributed by atoms with van der Waals surface area (Å²) in [4.78, 5) is 35.0. The molecule has 1 aromatic carbocycles. The molecule has 1 aromatic heterocycles. The van der Waals surface area contributed by atoms with Crippen LogP contribution in [0.1, 0.15) is 97.7 Å². The van der Waals surface area contributed by atoms with Gasteiger partial charge < -0.3 is 20.0 Å². The van der Waals surface area contributed by atoms with E-state index in [9.17, 15) is 19.8 Å². The summed E-state index contributed by atoms with van der Waals surface area (Å²) in [6.45, 7) is 2.66. The maximum Gasteiger partial charge on any atom is 0.348 e. The molecule has 0 unspecified atom stereocenters. The molecule has 0 bridgehead atoms. The molecular weight excluding hydrogens is 524 g/mol. The number of carboxylic acids is 1. The van der Waals surface area contributed by atoms with Crippen LogP contribution in [0.15, 0.2) is 47.6 Å². The molecule has 2 aromatic rings. The van der Waals surface area contributed by atoms with Gasteiger partial charge in [-0.1, -0.05) is 48.5 Å². The van der Waals surface area contributed by atoms with Crippen LogP contribution in [0.3, 0.4) is 0 Å². The molecule has 5 rings (SSSR count). The van der Waals surface area contributed by atoms with E-state index in [4.69, 9.17) is 4.84 Å². The summed E-state index contributed by atoms with van der Waals surface area (Å²) in [5, 5.41) is 24.7. The fraction of sp³-hybridized carbons (Fsp3) is 0.531. The number of rotatable bonds is 8. The van der Waals surface area contributed by atoms with Crippen molar-refractivity contribution >= 4 is 40.2 Å². The highest BCUT2D eigenvalue weighted by molar-refractivity contribution is 7.15. The number of benzene rings is 1. The third kappa shape index (κ3) is 6.84. The van der Waals surface area contributed by atoms with Crippen molar-refractivity contribution in [3.8, 4) is 0 Å². The second-order valence-corrected chi connectivity index (χ2v) is 12.7. The second kappa shape index (κ2) is 13.1. The summed E-state index contributed by atoms with van der Waals surface area (Å²) in [7, 11) is 0. The molecule has 0 spiro atoms. The van der Waals surface area contributed by atoms with E-state index >= 15 is 0 Å². The number of carboxylic acid groups (broad SMARTS) is 1. The Morgan fingerprint density at radius 1 is 1.02 bits per heavy atom. The molecular formula is C32H40N2O5S. The van der Waals surface area contributed by atoms with Crippen molar-refractivity contribution in [2.45, 2.75) is 96.3 Å². The van der Waals surface area contributed by atoms with Gasteiger partial charge in [-0.25, -0.2) is 4.79 Å². The monoisotopic (exact) mass is 564 g/mol. The minimum absolute atomic E-state index is 0.0581. The summed E-state index contributed by atoms with van der Waals surface area (Å²) in [6, 6.07) is 11.8. The molecule has 0 atom stereocenters. The Bertz CT molecular complexity index is 1240. The van der Waals surface area contributed by atoms with Gasteiger partial charge in [-0.3, -0.25) is 4.79 Å². The maximum absolute atomic E-state index is 14.0. The quantitative estimate of drug-likeness (QED) is 0.335. The van der Waals surface area contributed by atoms with Crippen molar-refractivity contribution in [2.24, 2.45) is 17.0 Å². The SMILES string of the molecule is CC1CCC(C(=O)N(c2cc(C3=CC/C(=N\OCc4ccccc4)CC3)sc2C(=O)O)C2CCC(O)CC2)CC1. The van der Waals surface area contributed by atoms with Crippen LogP contribution in [0, 0.1) is 11.8 Å². The number of aromatic carboxylic acids is 1. The van der Waals surface area contributed by atoms with Crippen molar-refractivity contribution in [3.05, 3.63) is 57.8 Å². The fourth-order valence-electron chi connectivity index (χ4n) is 6.19. The van der Waals surface area contributed by atoms with Crippen LogP contribution < -0.4 is 4.90 Å². The zero-order valence-electron chi connectivity index (χ0n) is 23.3. The van der Waals surface area contributed by atoms with Crippen LogP contribution in [0.4, 0.5) is 5.69 Å². The third-order valence-corrected chi connectivity index (χ3v) is 9.84. The molecule has 0 aliphatic heterocycles. The highest BCUT2D eigenvalue weighted by Crippen LogP contribution is 2.42. The molecule has 3 aliphatic carbocycles. The first-order chi connectivity index (χ1) is 19.4. The van der Waals surface area contributed by atoms with Crippen molar-refractivity contribution in [2.75, 3.05) is 4.90 Å². The van der Waals surface area contributed by atoms with Crippen LogP contribution in [0.25, 0.3) is 5.57 Å². The number of anilines is 1. The van der Waals surface area contributed by atoms with E-state index < -0.39 is 5.97 Å². The summed E-state index contributed by atoms with van der Waals surface area (Å²) >= 11 is 1.27. The van der Waals surface area contributed by atoms with Gasteiger partial charge in [0.15, 0.2) is 0 Å². The van der Waals surface area contributed by atoms with E-state index in [2.05, 4.69) is 18.2 Å². The van der Waals surface area contributed by atoms with Crippen molar-refractivity contribution in [1.82, 2.24) is 0 Å². The first kappa shape index (κ1) is 28.6. The smallest absolute Gasteiger partial charge is 0.348 e. The number of thiophene rings is 1. The van der Waals surface area contributed by atoms with Crippen molar-refractivity contribution < 1.29 is 24.6 Å². The number of oxime groups is 1. The molecule has 214 valence electrons. The lowest BCUT2D eigenvalue weighted by Gasteiger charge is -2.38. The van der Waals surface area contributed by atoms with Gasteiger partial charge in [0.2, 0.25) is 5.91 Å². The van der Waals surface area contributed by atoms with E-state index in [1.807, 2.05) is 41.3 Å². The Kier molecular flexibility index (Phi) is 9.37. The normalized spacial score (nSPS) is 26.2. The van der Waals surface area contributed by atoms with Gasteiger partial charge in [0, 0.05) is 23.3 Å². The molecule has 40 heavy (non-hydrogen) atoms. The lowest BCUT2D eigenvalue weighted by molar-refractivity contribution is -0.124. The molecule has 2 saturated carbocycles. The van der Waals surface area contributed by atoms with Crippen molar-refractivity contribution in [3.63, 3.8) is 0 Å². The Morgan fingerprint density at radius 2 is 1.75 bits per heavy atom. The number of carbonyl (C=O) groups is 2. The van der Waals surface area contributed by atoms with Crippen LogP contribution in [-0.4, -0.2) is 39.9 Å². The lowest BCUT2D eigenvalue weighted by Crippen LogP contribution is -2.47. The zero-order valence-corrected chi connectivity index (χ0v) is 24.1. The van der Waals surface area contributed by atoms with Gasteiger partial charge in [0.25, 0.3) is 0 Å². The number of allylic oxidation sites excluding steroid dienone is 2. The zero-order chi connectivity index (χ0) is 28.1. The fourth-order valence-corrected chi connectivity index (χ4v) is 7.25. The summed E-state index contributed by atoms with van der Waals surface area (Å²) < 4.78 is 0. The third-order valence-electron chi connectivity index (χ3n) is 8.65. The maximum atomic E-state index is 14.0. The molecule has 2 fully saturated rings. The topological polar surface area (TPSA) is 99.4 Å². The molecule has 1 heterocycles. The highest BCUT2D eigenvalue weighted by atomic mass is 32.1. The molecule has 8 heteroatoms. The molecule has 1 amide bonds. The molecule has 0 radical (unpaired) electrons. The van der Waals surface area contributed by atoms with E-state index in [1.165, 1.54) is 11.3 Å². The average molecular weight is 565 g/mol. The lowest BCUT2D eigenvalue weighted by atomic mass is 9.81. The van der Waals surface area contributed by atoms with Gasteiger partial charge in [0.1, 0.15) is 11.5 Å². The Hall–Kier alpha value is -2.97. The van der Waals surface area contributed by atoms with E-state index in [0.29, 0.717) is 50.3 Å². The van der Waals surface area contributed by atoms with Crippen LogP contribution in [0.5, 0.6) is 0 Å². The van der Waals surface area contributed by atoms with Crippen LogP contribution in [-0.2, 0) is 16.2 Å². The Balaban J connectivity index is 1.36. The van der Waals surface area contributed by atoms with Gasteiger partial charge in [-0.15, -0.1) is 11.3 Å². The predicted octanol–water partition coefficient (Wildman–Crippen LogP) is 7.05. The summed E-state index contributed by atoms with van der Waals surface area (Å²) in [5.41, 5.74) is 3.67. The molecule has 0 saturated heterocycles. The summed E-state index contributed by atoms with van der Waals surface area (Å²) in [6.07, 6.45) is 10.3. The average Bonchev–Trinajstić information content (AvgIpc) is 3.41. The van der Waals surface area contributed by atoms with Crippen molar-refractivity contribution in [1.29, 1.82) is 0 Å². The first-order valence-corrected chi connectivity index (χ1v) is 15.5. The standard InChI is InChI=1S/C32H40N2O5S/c1-21-7-9-24(10-8-21)31(36)34(26-15-17-27(35)18-16-26)28-19-29(40-30(28)32(37)38)23-11-13-25(14-12-23)33-39-20-22-5-3-2-4-6-22/h2-6,11,19,21,24,26-27,35H,7-10,12-18,20H2,1H3,(H,37,38)/b33-25+. The molecule has 7 nitrogen and oxygen atoms in total. The number of amides is 1. The minimum atomic E-state index is -0.995. The van der Waals surface area contributed by atoms with Gasteiger partial charge in [-0.2, -0.15) is 0 Å². The Morgan fingerprint density at radius 3 is 2.40 bits per heavy atom.